The Morgan fingerprint density at radius 2 is 2.17 bits per heavy atom. The van der Waals surface area contributed by atoms with Gasteiger partial charge < -0.3 is 5.32 Å². The zero-order valence-electron chi connectivity index (χ0n) is 10.2. The molecule has 0 aliphatic rings. The summed E-state index contributed by atoms with van der Waals surface area (Å²) in [5.41, 5.74) is 0.527. The van der Waals surface area contributed by atoms with Crippen LogP contribution in [0.2, 0.25) is 5.02 Å². The van der Waals surface area contributed by atoms with Crippen LogP contribution in [0.4, 0.5) is 5.82 Å². The number of nitrogens with zero attached hydrogens (tertiary/aromatic N) is 2. The van der Waals surface area contributed by atoms with Crippen LogP contribution in [0.5, 0.6) is 0 Å². The third-order valence-corrected chi connectivity index (χ3v) is 2.72. The van der Waals surface area contributed by atoms with Gasteiger partial charge in [0, 0.05) is 22.7 Å². The standard InChI is InChI=1S/C13H14ClN3O/c1-9(2)17-12(6-7-15-17)16-13(18)10-4-3-5-11(14)8-10/h3-9H,1-2H3,(H,16,18). The van der Waals surface area contributed by atoms with Crippen molar-refractivity contribution in [2.75, 3.05) is 5.32 Å². The lowest BCUT2D eigenvalue weighted by molar-refractivity contribution is 0.102. The largest absolute Gasteiger partial charge is 0.307 e. The van der Waals surface area contributed by atoms with Gasteiger partial charge in [-0.1, -0.05) is 17.7 Å². The minimum atomic E-state index is -0.195. The number of amides is 1. The highest BCUT2D eigenvalue weighted by atomic mass is 35.5. The molecule has 0 saturated heterocycles. The normalized spacial score (nSPS) is 10.7. The van der Waals surface area contributed by atoms with Crippen LogP contribution in [0.1, 0.15) is 30.2 Å². The Kier molecular flexibility index (Phi) is 3.67. The van der Waals surface area contributed by atoms with E-state index in [0.717, 1.165) is 0 Å². The molecule has 0 fully saturated rings. The van der Waals surface area contributed by atoms with Gasteiger partial charge in [0.2, 0.25) is 0 Å². The lowest BCUT2D eigenvalue weighted by Crippen LogP contribution is -2.16. The quantitative estimate of drug-likeness (QED) is 0.923. The van der Waals surface area contributed by atoms with E-state index in [0.29, 0.717) is 16.4 Å². The highest BCUT2D eigenvalue weighted by Gasteiger charge is 2.11. The van der Waals surface area contributed by atoms with Crippen LogP contribution in [0.25, 0.3) is 0 Å². The van der Waals surface area contributed by atoms with Gasteiger partial charge in [-0.3, -0.25) is 4.79 Å². The predicted octanol–water partition coefficient (Wildman–Crippen LogP) is 3.37. The van der Waals surface area contributed by atoms with Crippen LogP contribution in [0, 0.1) is 0 Å². The van der Waals surface area contributed by atoms with Crippen LogP contribution in [-0.4, -0.2) is 15.7 Å². The van der Waals surface area contributed by atoms with Gasteiger partial charge in [-0.25, -0.2) is 4.68 Å². The molecule has 0 aliphatic heterocycles. The number of carbonyl (C=O) groups excluding carboxylic acids is 1. The van der Waals surface area contributed by atoms with Crippen LogP contribution < -0.4 is 5.32 Å². The van der Waals surface area contributed by atoms with E-state index in [1.165, 1.54) is 0 Å². The van der Waals surface area contributed by atoms with Crippen molar-refractivity contribution in [3.8, 4) is 0 Å². The molecule has 4 nitrogen and oxygen atoms in total. The molecule has 2 aromatic rings. The van der Waals surface area contributed by atoms with Crippen molar-refractivity contribution in [2.24, 2.45) is 0 Å². The van der Waals surface area contributed by atoms with E-state index in [9.17, 15) is 4.79 Å². The number of halogens is 1. The zero-order chi connectivity index (χ0) is 13.1. The molecule has 0 bridgehead atoms. The van der Waals surface area contributed by atoms with Crippen molar-refractivity contribution >= 4 is 23.3 Å². The molecule has 2 rings (SSSR count). The fraction of sp³-hybridized carbons (Fsp3) is 0.231. The van der Waals surface area contributed by atoms with Crippen LogP contribution in [-0.2, 0) is 0 Å². The van der Waals surface area contributed by atoms with E-state index in [1.807, 2.05) is 13.8 Å². The van der Waals surface area contributed by atoms with Gasteiger partial charge in [0.25, 0.3) is 5.91 Å². The monoisotopic (exact) mass is 263 g/mol. The van der Waals surface area contributed by atoms with Gasteiger partial charge in [-0.2, -0.15) is 5.10 Å². The second-order valence-electron chi connectivity index (χ2n) is 4.22. The second kappa shape index (κ2) is 5.23. The second-order valence-corrected chi connectivity index (χ2v) is 4.66. The summed E-state index contributed by atoms with van der Waals surface area (Å²) in [5, 5.41) is 7.52. The minimum absolute atomic E-state index is 0.190. The Bertz CT molecular complexity index is 563. The first-order valence-corrected chi connectivity index (χ1v) is 6.06. The first-order chi connectivity index (χ1) is 8.58. The van der Waals surface area contributed by atoms with Crippen LogP contribution >= 0.6 is 11.6 Å². The van der Waals surface area contributed by atoms with Crippen molar-refractivity contribution in [1.82, 2.24) is 9.78 Å². The van der Waals surface area contributed by atoms with E-state index >= 15 is 0 Å². The van der Waals surface area contributed by atoms with Gasteiger partial charge in [0.05, 0.1) is 6.20 Å². The van der Waals surface area contributed by atoms with Gasteiger partial charge in [0.1, 0.15) is 5.82 Å². The molecule has 1 heterocycles. The molecule has 0 atom stereocenters. The third-order valence-electron chi connectivity index (χ3n) is 2.49. The lowest BCUT2D eigenvalue weighted by Gasteiger charge is -2.11. The topological polar surface area (TPSA) is 46.9 Å². The SMILES string of the molecule is CC(C)n1nccc1NC(=O)c1cccc(Cl)c1. The molecule has 94 valence electrons. The van der Waals surface area contributed by atoms with Gasteiger partial charge in [-0.15, -0.1) is 0 Å². The lowest BCUT2D eigenvalue weighted by atomic mass is 10.2. The maximum Gasteiger partial charge on any atom is 0.256 e. The molecule has 5 heteroatoms. The maximum atomic E-state index is 12.0. The summed E-state index contributed by atoms with van der Waals surface area (Å²) >= 11 is 5.85. The van der Waals surface area contributed by atoms with Crippen molar-refractivity contribution in [2.45, 2.75) is 19.9 Å². The van der Waals surface area contributed by atoms with Crippen molar-refractivity contribution in [1.29, 1.82) is 0 Å². The van der Waals surface area contributed by atoms with E-state index in [1.54, 1.807) is 41.2 Å². The first-order valence-electron chi connectivity index (χ1n) is 5.68. The molecule has 0 saturated carbocycles. The highest BCUT2D eigenvalue weighted by molar-refractivity contribution is 6.31. The average Bonchev–Trinajstić information content (AvgIpc) is 2.77. The third kappa shape index (κ3) is 2.71. The number of rotatable bonds is 3. The average molecular weight is 264 g/mol. The summed E-state index contributed by atoms with van der Waals surface area (Å²) in [6, 6.07) is 8.79. The molecule has 0 spiro atoms. The minimum Gasteiger partial charge on any atom is -0.307 e. The summed E-state index contributed by atoms with van der Waals surface area (Å²) in [7, 11) is 0. The molecular weight excluding hydrogens is 250 g/mol. The van der Waals surface area contributed by atoms with E-state index in [2.05, 4.69) is 10.4 Å². The predicted molar refractivity (Wildman–Crippen MR) is 72.0 cm³/mol. The van der Waals surface area contributed by atoms with Crippen LogP contribution in [0.15, 0.2) is 36.5 Å². The smallest absolute Gasteiger partial charge is 0.256 e. The molecule has 18 heavy (non-hydrogen) atoms. The fourth-order valence-corrected chi connectivity index (χ4v) is 1.83. The summed E-state index contributed by atoms with van der Waals surface area (Å²) in [6.45, 7) is 4.00. The van der Waals surface area contributed by atoms with E-state index < -0.39 is 0 Å². The number of hydrogen-bond acceptors (Lipinski definition) is 2. The van der Waals surface area contributed by atoms with E-state index in [-0.39, 0.29) is 11.9 Å². The van der Waals surface area contributed by atoms with Gasteiger partial charge in [-0.05, 0) is 32.0 Å². The van der Waals surface area contributed by atoms with Crippen LogP contribution in [0.3, 0.4) is 0 Å². The Morgan fingerprint density at radius 3 is 2.83 bits per heavy atom. The van der Waals surface area contributed by atoms with Crippen molar-refractivity contribution in [3.05, 3.63) is 47.1 Å². The Balaban J connectivity index is 2.19. The summed E-state index contributed by atoms with van der Waals surface area (Å²) in [4.78, 5) is 12.0. The zero-order valence-corrected chi connectivity index (χ0v) is 11.0. The Hall–Kier alpha value is -1.81. The van der Waals surface area contributed by atoms with Crippen molar-refractivity contribution < 1.29 is 4.79 Å². The highest BCUT2D eigenvalue weighted by Crippen LogP contribution is 2.16. The van der Waals surface area contributed by atoms with Gasteiger partial charge >= 0.3 is 0 Å². The molecule has 1 amide bonds. The summed E-state index contributed by atoms with van der Waals surface area (Å²) in [6.07, 6.45) is 1.66. The number of carbonyl (C=O) groups is 1. The number of aromatic nitrogens is 2. The maximum absolute atomic E-state index is 12.0. The van der Waals surface area contributed by atoms with E-state index in [4.69, 9.17) is 11.6 Å². The molecule has 0 radical (unpaired) electrons. The number of nitrogens with one attached hydrogen (secondary N) is 1. The number of hydrogen-bond donors (Lipinski definition) is 1. The van der Waals surface area contributed by atoms with Crippen molar-refractivity contribution in [3.63, 3.8) is 0 Å². The fourth-order valence-electron chi connectivity index (χ4n) is 1.64. The molecule has 0 aliphatic carbocycles. The molecule has 1 aromatic carbocycles. The molecular formula is C13H14ClN3O. The molecule has 1 aromatic heterocycles. The molecule has 1 N–H and O–H groups in total. The summed E-state index contributed by atoms with van der Waals surface area (Å²) < 4.78 is 1.75. The number of anilines is 1. The molecule has 0 unspecified atom stereocenters. The number of benzene rings is 1. The Labute approximate surface area is 111 Å². The Morgan fingerprint density at radius 1 is 1.39 bits per heavy atom. The van der Waals surface area contributed by atoms with Gasteiger partial charge in [0.15, 0.2) is 0 Å². The summed E-state index contributed by atoms with van der Waals surface area (Å²) in [5.74, 6) is 0.481. The first kappa shape index (κ1) is 12.6.